The van der Waals surface area contributed by atoms with Crippen LogP contribution < -0.4 is 0 Å². The largest absolute Gasteiger partial charge is 0.481 e. The number of hydrogen-bond donors (Lipinski definition) is 2. The first kappa shape index (κ1) is 30.1. The van der Waals surface area contributed by atoms with Crippen LogP contribution in [0.1, 0.15) is 125 Å². The summed E-state index contributed by atoms with van der Waals surface area (Å²) in [6, 6.07) is 0. The first-order chi connectivity index (χ1) is 18.6. The quantitative estimate of drug-likeness (QED) is 0.247. The average Bonchev–Trinajstić information content (AvgIpc) is 3.26. The molecule has 0 aliphatic heterocycles. The van der Waals surface area contributed by atoms with Gasteiger partial charge in [0.25, 0.3) is 0 Å². The maximum absolute atomic E-state index is 12.6. The van der Waals surface area contributed by atoms with Crippen molar-refractivity contribution < 1.29 is 24.5 Å². The van der Waals surface area contributed by atoms with Crippen LogP contribution in [0.2, 0.25) is 0 Å². The number of carbonyl (C=O) groups excluding carboxylic acids is 1. The van der Waals surface area contributed by atoms with Gasteiger partial charge in [0, 0.05) is 18.3 Å². The lowest BCUT2D eigenvalue weighted by Crippen LogP contribution is -2.66. The lowest BCUT2D eigenvalue weighted by Gasteiger charge is -2.73. The van der Waals surface area contributed by atoms with E-state index in [1.807, 2.05) is 0 Å². The van der Waals surface area contributed by atoms with Gasteiger partial charge >= 0.3 is 11.9 Å². The van der Waals surface area contributed by atoms with Gasteiger partial charge in [-0.1, -0.05) is 46.8 Å². The van der Waals surface area contributed by atoms with Crippen molar-refractivity contribution in [3.05, 3.63) is 12.2 Å². The van der Waals surface area contributed by atoms with Crippen molar-refractivity contribution in [2.24, 2.45) is 56.7 Å². The highest BCUT2D eigenvalue weighted by Gasteiger charge is 2.71. The van der Waals surface area contributed by atoms with Crippen LogP contribution in [-0.2, 0) is 14.3 Å². The third-order valence-electron chi connectivity index (χ3n) is 14.5. The molecule has 10 unspecified atom stereocenters. The number of rotatable bonds is 7. The van der Waals surface area contributed by atoms with E-state index in [1.54, 1.807) is 0 Å². The van der Waals surface area contributed by atoms with Crippen molar-refractivity contribution in [2.75, 3.05) is 6.61 Å². The molecule has 226 valence electrons. The molecule has 5 heteroatoms. The molecular weight excluding hydrogens is 500 g/mol. The Morgan fingerprint density at radius 2 is 1.57 bits per heavy atom. The molecule has 0 bridgehead atoms. The Morgan fingerprint density at radius 1 is 0.850 bits per heavy atom. The smallest absolute Gasteiger partial charge is 0.305 e. The molecule has 0 amide bonds. The van der Waals surface area contributed by atoms with Gasteiger partial charge in [-0.25, -0.2) is 0 Å². The second kappa shape index (κ2) is 10.1. The summed E-state index contributed by atoms with van der Waals surface area (Å²) in [5, 5.41) is 19.9. The molecule has 2 N–H and O–H groups in total. The van der Waals surface area contributed by atoms with Gasteiger partial charge in [0.1, 0.15) is 0 Å². The zero-order valence-corrected chi connectivity index (χ0v) is 26.2. The molecule has 0 heterocycles. The lowest BCUT2D eigenvalue weighted by atomic mass is 9.32. The zero-order valence-electron chi connectivity index (χ0n) is 26.2. The van der Waals surface area contributed by atoms with Crippen molar-refractivity contribution >= 4 is 11.9 Å². The van der Waals surface area contributed by atoms with E-state index < -0.39 is 5.97 Å². The molecule has 5 saturated carbocycles. The summed E-state index contributed by atoms with van der Waals surface area (Å²) in [7, 11) is 0. The molecule has 10 atom stereocenters. The van der Waals surface area contributed by atoms with Crippen molar-refractivity contribution in [3.63, 3.8) is 0 Å². The van der Waals surface area contributed by atoms with Gasteiger partial charge in [-0.3, -0.25) is 9.59 Å². The van der Waals surface area contributed by atoms with Crippen LogP contribution in [0.15, 0.2) is 12.2 Å². The molecule has 0 radical (unpaired) electrons. The van der Waals surface area contributed by atoms with Crippen LogP contribution in [0, 0.1) is 56.7 Å². The zero-order chi connectivity index (χ0) is 29.3. The molecule has 40 heavy (non-hydrogen) atoms. The summed E-state index contributed by atoms with van der Waals surface area (Å²) in [5.74, 6) is 1.70. The van der Waals surface area contributed by atoms with E-state index in [2.05, 4.69) is 48.1 Å². The Kier molecular flexibility index (Phi) is 7.62. The topological polar surface area (TPSA) is 83.8 Å². The molecule has 0 aromatic carbocycles. The summed E-state index contributed by atoms with van der Waals surface area (Å²) in [5.41, 5.74) is 2.04. The van der Waals surface area contributed by atoms with Crippen LogP contribution in [0.4, 0.5) is 0 Å². The number of carboxylic acids is 1. The molecule has 5 fully saturated rings. The van der Waals surface area contributed by atoms with Gasteiger partial charge in [-0.2, -0.15) is 0 Å². The van der Waals surface area contributed by atoms with Crippen molar-refractivity contribution in [1.82, 2.24) is 0 Å². The van der Waals surface area contributed by atoms with Crippen LogP contribution in [-0.4, -0.2) is 34.9 Å². The van der Waals surface area contributed by atoms with E-state index in [4.69, 9.17) is 9.84 Å². The normalized spacial score (nSPS) is 47.3. The van der Waals surface area contributed by atoms with Gasteiger partial charge in [-0.05, 0) is 129 Å². The highest BCUT2D eigenvalue weighted by atomic mass is 16.5. The van der Waals surface area contributed by atoms with E-state index >= 15 is 0 Å². The predicted octanol–water partition coefficient (Wildman–Crippen LogP) is 7.80. The Hall–Kier alpha value is -1.36. The summed E-state index contributed by atoms with van der Waals surface area (Å²) in [6.07, 6.45) is 11.9. The first-order valence-electron chi connectivity index (χ1n) is 16.3. The average molecular weight is 557 g/mol. The number of carboxylic acid groups (broad SMARTS) is 1. The van der Waals surface area contributed by atoms with Crippen molar-refractivity contribution in [3.8, 4) is 0 Å². The molecular formula is C35H56O5. The number of carbonyl (C=O) groups is 2. The number of aliphatic hydroxyl groups excluding tert-OH is 1. The van der Waals surface area contributed by atoms with Gasteiger partial charge in [-0.15, -0.1) is 0 Å². The predicted molar refractivity (Wildman–Crippen MR) is 157 cm³/mol. The maximum atomic E-state index is 12.6. The number of aliphatic hydroxyl groups is 1. The van der Waals surface area contributed by atoms with Gasteiger partial charge in [0.2, 0.25) is 0 Å². The highest BCUT2D eigenvalue weighted by molar-refractivity contribution is 5.71. The van der Waals surface area contributed by atoms with E-state index in [0.717, 1.165) is 32.1 Å². The number of allylic oxidation sites excluding steroid dienone is 1. The molecule has 0 aromatic rings. The molecule has 5 rings (SSSR count). The summed E-state index contributed by atoms with van der Waals surface area (Å²) in [4.78, 5) is 23.5. The Balaban J connectivity index is 1.42. The van der Waals surface area contributed by atoms with Crippen molar-refractivity contribution in [1.29, 1.82) is 0 Å². The van der Waals surface area contributed by atoms with Crippen LogP contribution in [0.25, 0.3) is 0 Å². The summed E-state index contributed by atoms with van der Waals surface area (Å²) >= 11 is 0. The highest BCUT2D eigenvalue weighted by Crippen LogP contribution is 2.77. The Morgan fingerprint density at radius 3 is 2.25 bits per heavy atom. The second-order valence-electron chi connectivity index (χ2n) is 16.3. The summed E-state index contributed by atoms with van der Waals surface area (Å²) in [6.45, 7) is 19.7. The van der Waals surface area contributed by atoms with Crippen LogP contribution in [0.3, 0.4) is 0 Å². The fraction of sp³-hybridized carbons (Fsp3) is 0.886. The van der Waals surface area contributed by atoms with Crippen molar-refractivity contribution in [2.45, 2.75) is 131 Å². The first-order valence-corrected chi connectivity index (χ1v) is 16.3. The Labute approximate surface area is 242 Å². The minimum Gasteiger partial charge on any atom is -0.481 e. The molecule has 0 aromatic heterocycles. The standard InChI is InChI=1S/C35H56O5/c1-22(2)23-13-18-35(21-40-29(39)10-8-9-28(37)38)20-19-33(6)24(30(23)35)11-12-26-32(5)16-15-27(36)31(3,4)25(32)14-17-34(26,33)7/h23-27,30,36H,1,8-21H2,2-7H3,(H,37,38). The minimum absolute atomic E-state index is 0.0106. The SMILES string of the molecule is C=C(C)C1CCC2(COC(=O)CCCC(=O)O)CCC3(C)C(CCC4C5(C)CCC(O)C(C)(C)C5CCC43C)C12. The fourth-order valence-corrected chi connectivity index (χ4v) is 12.2. The van der Waals surface area contributed by atoms with Crippen LogP contribution >= 0.6 is 0 Å². The second-order valence-corrected chi connectivity index (χ2v) is 16.3. The maximum Gasteiger partial charge on any atom is 0.305 e. The Bertz CT molecular complexity index is 1030. The van der Waals surface area contributed by atoms with Gasteiger partial charge in [0.05, 0.1) is 12.7 Å². The monoisotopic (exact) mass is 556 g/mol. The molecule has 0 saturated heterocycles. The number of fused-ring (bicyclic) bond motifs is 7. The number of ether oxygens (including phenoxy) is 1. The third-order valence-corrected chi connectivity index (χ3v) is 14.5. The third kappa shape index (κ3) is 4.33. The lowest BCUT2D eigenvalue weighted by molar-refractivity contribution is -0.250. The number of hydrogen-bond acceptors (Lipinski definition) is 4. The van der Waals surface area contributed by atoms with E-state index in [-0.39, 0.29) is 52.0 Å². The number of esters is 1. The molecule has 5 aliphatic carbocycles. The van der Waals surface area contributed by atoms with E-state index in [1.165, 1.54) is 37.7 Å². The van der Waals surface area contributed by atoms with Gasteiger partial charge < -0.3 is 14.9 Å². The summed E-state index contributed by atoms with van der Waals surface area (Å²) < 4.78 is 5.97. The van der Waals surface area contributed by atoms with E-state index in [9.17, 15) is 14.7 Å². The molecule has 0 spiro atoms. The number of aliphatic carboxylic acids is 1. The van der Waals surface area contributed by atoms with E-state index in [0.29, 0.717) is 42.6 Å². The van der Waals surface area contributed by atoms with Gasteiger partial charge in [0.15, 0.2) is 0 Å². The minimum atomic E-state index is -0.863. The van der Waals surface area contributed by atoms with Crippen LogP contribution in [0.5, 0.6) is 0 Å². The molecule has 5 nitrogen and oxygen atoms in total. The molecule has 5 aliphatic rings. The fourth-order valence-electron chi connectivity index (χ4n) is 12.2.